The maximum Gasteiger partial charge on any atom is 0.243 e. The van der Waals surface area contributed by atoms with Gasteiger partial charge in [-0.1, -0.05) is 42.5 Å². The average Bonchev–Trinajstić information content (AvgIpc) is 2.49. The summed E-state index contributed by atoms with van der Waals surface area (Å²) in [7, 11) is -1.95. The van der Waals surface area contributed by atoms with Gasteiger partial charge in [0.1, 0.15) is 6.29 Å². The molecule has 0 fully saturated rings. The van der Waals surface area contributed by atoms with Crippen molar-refractivity contribution in [1.29, 1.82) is 0 Å². The number of hydrogen-bond acceptors (Lipinski definition) is 3. The van der Waals surface area contributed by atoms with Gasteiger partial charge in [0.25, 0.3) is 0 Å². The van der Waals surface area contributed by atoms with Crippen LogP contribution in [0.4, 0.5) is 0 Å². The van der Waals surface area contributed by atoms with E-state index in [1.54, 1.807) is 54.6 Å². The van der Waals surface area contributed by atoms with Gasteiger partial charge in [0.05, 0.1) is 4.90 Å². The molecule has 0 saturated heterocycles. The molecule has 0 unspecified atom stereocenters. The van der Waals surface area contributed by atoms with E-state index in [2.05, 4.69) is 0 Å². The van der Waals surface area contributed by atoms with E-state index in [-0.39, 0.29) is 11.4 Å². The second-order valence-electron chi connectivity index (χ2n) is 4.43. The molecule has 2 aromatic carbocycles. The molecular weight excluding hydrogens is 274 g/mol. The Bertz CT molecular complexity index is 679. The van der Waals surface area contributed by atoms with Crippen LogP contribution in [0, 0.1) is 0 Å². The van der Waals surface area contributed by atoms with E-state index >= 15 is 0 Å². The number of benzene rings is 2. The summed E-state index contributed by atoms with van der Waals surface area (Å²) >= 11 is 0. The third kappa shape index (κ3) is 3.12. The predicted molar refractivity (Wildman–Crippen MR) is 76.9 cm³/mol. The minimum Gasteiger partial charge on any atom is -0.298 e. The molecule has 0 spiro atoms. The normalized spacial score (nSPS) is 11.5. The minimum atomic E-state index is -3.49. The second kappa shape index (κ2) is 5.98. The first-order valence-electron chi connectivity index (χ1n) is 6.09. The van der Waals surface area contributed by atoms with Crippen LogP contribution >= 0.6 is 0 Å². The van der Waals surface area contributed by atoms with Gasteiger partial charge < -0.3 is 0 Å². The fourth-order valence-corrected chi connectivity index (χ4v) is 3.00. The Hall–Kier alpha value is -1.98. The molecule has 2 aromatic rings. The highest BCUT2D eigenvalue weighted by Crippen LogP contribution is 2.16. The second-order valence-corrected chi connectivity index (χ2v) is 6.48. The van der Waals surface area contributed by atoms with Crippen LogP contribution in [-0.4, -0.2) is 26.1 Å². The zero-order chi connectivity index (χ0) is 14.6. The van der Waals surface area contributed by atoms with Crippen LogP contribution in [0.5, 0.6) is 0 Å². The van der Waals surface area contributed by atoms with E-state index in [4.69, 9.17) is 0 Å². The van der Waals surface area contributed by atoms with Crippen LogP contribution in [0.3, 0.4) is 0 Å². The fraction of sp³-hybridized carbons (Fsp3) is 0.133. The van der Waals surface area contributed by atoms with Crippen LogP contribution in [-0.2, 0) is 16.6 Å². The highest BCUT2D eigenvalue weighted by molar-refractivity contribution is 7.89. The molecule has 2 rings (SSSR count). The summed E-state index contributed by atoms with van der Waals surface area (Å²) < 4.78 is 25.9. The molecule has 0 aliphatic carbocycles. The van der Waals surface area contributed by atoms with Gasteiger partial charge in [-0.15, -0.1) is 0 Å². The smallest absolute Gasteiger partial charge is 0.243 e. The highest BCUT2D eigenvalue weighted by Gasteiger charge is 2.20. The van der Waals surface area contributed by atoms with Gasteiger partial charge in [0, 0.05) is 19.2 Å². The first-order valence-corrected chi connectivity index (χ1v) is 7.53. The lowest BCUT2D eigenvalue weighted by atomic mass is 10.1. The molecule has 0 bridgehead atoms. The number of nitrogens with zero attached hydrogens (tertiary/aromatic N) is 1. The van der Waals surface area contributed by atoms with Gasteiger partial charge in [0.15, 0.2) is 0 Å². The maximum absolute atomic E-state index is 12.3. The topological polar surface area (TPSA) is 54.5 Å². The zero-order valence-electron chi connectivity index (χ0n) is 11.1. The first-order chi connectivity index (χ1) is 9.54. The molecule has 0 amide bonds. The van der Waals surface area contributed by atoms with Crippen molar-refractivity contribution in [1.82, 2.24) is 4.31 Å². The van der Waals surface area contributed by atoms with Gasteiger partial charge in [-0.05, 0) is 17.7 Å². The van der Waals surface area contributed by atoms with Crippen molar-refractivity contribution in [3.63, 3.8) is 0 Å². The van der Waals surface area contributed by atoms with Gasteiger partial charge >= 0.3 is 0 Å². The quantitative estimate of drug-likeness (QED) is 0.794. The van der Waals surface area contributed by atoms with Crippen LogP contribution in [0.2, 0.25) is 0 Å². The highest BCUT2D eigenvalue weighted by atomic mass is 32.2. The summed E-state index contributed by atoms with van der Waals surface area (Å²) in [5, 5.41) is 0. The largest absolute Gasteiger partial charge is 0.298 e. The molecule has 0 radical (unpaired) electrons. The summed E-state index contributed by atoms with van der Waals surface area (Å²) in [6.07, 6.45) is 0.758. The van der Waals surface area contributed by atoms with E-state index in [9.17, 15) is 13.2 Å². The van der Waals surface area contributed by atoms with Crippen molar-refractivity contribution in [2.75, 3.05) is 7.05 Å². The van der Waals surface area contributed by atoms with E-state index in [0.29, 0.717) is 5.56 Å². The van der Waals surface area contributed by atoms with E-state index in [1.807, 2.05) is 0 Å². The number of hydrogen-bond donors (Lipinski definition) is 0. The fourth-order valence-electron chi connectivity index (χ4n) is 1.82. The molecule has 4 nitrogen and oxygen atoms in total. The Morgan fingerprint density at radius 1 is 1.00 bits per heavy atom. The number of carbonyl (C=O) groups excluding carboxylic acids is 1. The molecule has 0 aliphatic heterocycles. The first kappa shape index (κ1) is 14.4. The van der Waals surface area contributed by atoms with Crippen molar-refractivity contribution < 1.29 is 13.2 Å². The zero-order valence-corrected chi connectivity index (χ0v) is 11.9. The number of carbonyl (C=O) groups is 1. The summed E-state index contributed by atoms with van der Waals surface area (Å²) in [5.41, 5.74) is 1.40. The molecule has 0 atom stereocenters. The van der Waals surface area contributed by atoms with Gasteiger partial charge in [-0.2, -0.15) is 4.31 Å². The van der Waals surface area contributed by atoms with Crippen molar-refractivity contribution in [2.45, 2.75) is 11.4 Å². The Labute approximate surface area is 118 Å². The Morgan fingerprint density at radius 2 is 1.60 bits per heavy atom. The SMILES string of the molecule is CN(Cc1ccc(C=O)cc1)S(=O)(=O)c1ccccc1. The maximum atomic E-state index is 12.3. The average molecular weight is 289 g/mol. The van der Waals surface area contributed by atoms with Crippen molar-refractivity contribution in [3.8, 4) is 0 Å². The molecular formula is C15H15NO3S. The van der Waals surface area contributed by atoms with Crippen LogP contribution < -0.4 is 0 Å². The van der Waals surface area contributed by atoms with E-state index in [1.165, 1.54) is 11.4 Å². The number of rotatable bonds is 5. The Kier molecular flexibility index (Phi) is 4.32. The Morgan fingerprint density at radius 3 is 2.15 bits per heavy atom. The van der Waals surface area contributed by atoms with E-state index in [0.717, 1.165) is 11.8 Å². The monoisotopic (exact) mass is 289 g/mol. The Balaban J connectivity index is 2.18. The predicted octanol–water partition coefficient (Wildman–Crippen LogP) is 2.32. The van der Waals surface area contributed by atoms with Crippen molar-refractivity contribution in [2.24, 2.45) is 0 Å². The lowest BCUT2D eigenvalue weighted by Crippen LogP contribution is -2.26. The standard InChI is InChI=1S/C15H15NO3S/c1-16(11-13-7-9-14(12-17)10-8-13)20(18,19)15-5-3-2-4-6-15/h2-10,12H,11H2,1H3. The third-order valence-electron chi connectivity index (χ3n) is 2.97. The minimum absolute atomic E-state index is 0.260. The third-order valence-corrected chi connectivity index (χ3v) is 4.79. The lowest BCUT2D eigenvalue weighted by Gasteiger charge is -2.17. The summed E-state index contributed by atoms with van der Waals surface area (Å²) in [6, 6.07) is 15.1. The number of aldehydes is 1. The molecule has 104 valence electrons. The van der Waals surface area contributed by atoms with Crippen molar-refractivity contribution in [3.05, 3.63) is 65.7 Å². The van der Waals surface area contributed by atoms with E-state index < -0.39 is 10.0 Å². The van der Waals surface area contributed by atoms with Gasteiger partial charge in [-0.25, -0.2) is 8.42 Å². The molecule has 0 heterocycles. The molecule has 0 N–H and O–H groups in total. The molecule has 0 aromatic heterocycles. The molecule has 5 heteroatoms. The summed E-state index contributed by atoms with van der Waals surface area (Å²) in [5.74, 6) is 0. The molecule has 20 heavy (non-hydrogen) atoms. The van der Waals surface area contributed by atoms with Crippen LogP contribution in [0.15, 0.2) is 59.5 Å². The summed E-state index contributed by atoms with van der Waals surface area (Å²) in [6.45, 7) is 0.260. The van der Waals surface area contributed by atoms with Gasteiger partial charge in [0.2, 0.25) is 10.0 Å². The molecule has 0 saturated carbocycles. The van der Waals surface area contributed by atoms with Crippen LogP contribution in [0.1, 0.15) is 15.9 Å². The van der Waals surface area contributed by atoms with Gasteiger partial charge in [-0.3, -0.25) is 4.79 Å². The lowest BCUT2D eigenvalue weighted by molar-refractivity contribution is 0.112. The molecule has 0 aliphatic rings. The van der Waals surface area contributed by atoms with Crippen molar-refractivity contribution >= 4 is 16.3 Å². The van der Waals surface area contributed by atoms with Crippen LogP contribution in [0.25, 0.3) is 0 Å². The number of sulfonamides is 1. The summed E-state index contributed by atoms with van der Waals surface area (Å²) in [4.78, 5) is 10.8.